The van der Waals surface area contributed by atoms with Crippen LogP contribution in [0.25, 0.3) is 0 Å². The molecular weight excluding hydrogens is 361 g/mol. The van der Waals surface area contributed by atoms with Gasteiger partial charge in [0.2, 0.25) is 0 Å². The second-order valence-corrected chi connectivity index (χ2v) is 6.87. The number of fused-ring (bicyclic) bond motifs is 2. The molecule has 24 heavy (non-hydrogen) atoms. The van der Waals surface area contributed by atoms with E-state index in [9.17, 15) is 31.2 Å². The van der Waals surface area contributed by atoms with E-state index in [4.69, 9.17) is 4.74 Å². The lowest BCUT2D eigenvalue weighted by molar-refractivity contribution is -0.225. The number of alkyl halides is 3. The molecule has 0 aliphatic carbocycles. The molecule has 0 radical (unpaired) electrons. The SMILES string of the molecule is C=C(C)C(=O)OCC(=O)OC1C2CS(=O)(=O)OC1C(C(F)(F)F)O2. The number of hydrogen-bond acceptors (Lipinski definition) is 8. The van der Waals surface area contributed by atoms with E-state index in [1.807, 2.05) is 0 Å². The van der Waals surface area contributed by atoms with Crippen molar-refractivity contribution in [2.45, 2.75) is 37.5 Å². The first-order chi connectivity index (χ1) is 10.9. The number of ether oxygens (including phenoxy) is 3. The van der Waals surface area contributed by atoms with Gasteiger partial charge in [0.25, 0.3) is 10.1 Å². The van der Waals surface area contributed by atoms with E-state index in [-0.39, 0.29) is 5.57 Å². The summed E-state index contributed by atoms with van der Waals surface area (Å²) >= 11 is 0. The zero-order valence-electron chi connectivity index (χ0n) is 12.2. The molecule has 12 heteroatoms. The molecule has 0 aromatic carbocycles. The summed E-state index contributed by atoms with van der Waals surface area (Å²) < 4.78 is 79.8. The standard InChI is InChI=1S/C12H13F3O8S/c1-5(2)11(17)20-3-7(16)22-8-6-4-24(18,19)23-9(8)10(21-6)12(13,14)15/h6,8-10H,1,3-4H2,2H3. The van der Waals surface area contributed by atoms with Crippen LogP contribution in [-0.2, 0) is 38.1 Å². The van der Waals surface area contributed by atoms with Crippen LogP contribution in [-0.4, -0.2) is 63.3 Å². The van der Waals surface area contributed by atoms with Crippen molar-refractivity contribution in [3.8, 4) is 0 Å². The Morgan fingerprint density at radius 1 is 1.33 bits per heavy atom. The molecule has 0 spiro atoms. The second kappa shape index (κ2) is 6.33. The first-order valence-electron chi connectivity index (χ1n) is 6.56. The lowest BCUT2D eigenvalue weighted by Crippen LogP contribution is -2.50. The maximum absolute atomic E-state index is 12.9. The smallest absolute Gasteiger partial charge is 0.417 e. The van der Waals surface area contributed by atoms with Crippen molar-refractivity contribution >= 4 is 22.1 Å². The lowest BCUT2D eigenvalue weighted by atomic mass is 10.1. The molecule has 4 atom stereocenters. The van der Waals surface area contributed by atoms with Gasteiger partial charge in [-0.15, -0.1) is 0 Å². The van der Waals surface area contributed by atoms with E-state index in [1.54, 1.807) is 0 Å². The average molecular weight is 374 g/mol. The third-order valence-electron chi connectivity index (χ3n) is 3.20. The van der Waals surface area contributed by atoms with Gasteiger partial charge in [-0.3, -0.25) is 4.18 Å². The van der Waals surface area contributed by atoms with Crippen molar-refractivity contribution in [1.29, 1.82) is 0 Å². The minimum atomic E-state index is -4.91. The average Bonchev–Trinajstić information content (AvgIpc) is 2.64. The van der Waals surface area contributed by atoms with Gasteiger partial charge in [0, 0.05) is 5.57 Å². The Kier molecular flexibility index (Phi) is 4.93. The minimum Gasteiger partial charge on any atom is -0.454 e. The molecule has 8 nitrogen and oxygen atoms in total. The summed E-state index contributed by atoms with van der Waals surface area (Å²) in [5.74, 6) is -2.94. The van der Waals surface area contributed by atoms with Gasteiger partial charge in [-0.1, -0.05) is 6.58 Å². The van der Waals surface area contributed by atoms with E-state index in [1.165, 1.54) is 6.92 Å². The minimum absolute atomic E-state index is 0.00966. The van der Waals surface area contributed by atoms with Gasteiger partial charge in [-0.05, 0) is 6.92 Å². The number of carbonyl (C=O) groups excluding carboxylic acids is 2. The number of esters is 2. The molecule has 2 bridgehead atoms. The van der Waals surface area contributed by atoms with Crippen molar-refractivity contribution in [3.05, 3.63) is 12.2 Å². The van der Waals surface area contributed by atoms with Crippen molar-refractivity contribution in [1.82, 2.24) is 0 Å². The monoisotopic (exact) mass is 374 g/mol. The van der Waals surface area contributed by atoms with E-state index in [2.05, 4.69) is 20.2 Å². The molecule has 2 rings (SSSR count). The summed E-state index contributed by atoms with van der Waals surface area (Å²) in [6, 6.07) is 0. The highest BCUT2D eigenvalue weighted by atomic mass is 32.2. The van der Waals surface area contributed by atoms with Crippen LogP contribution >= 0.6 is 0 Å². The third kappa shape index (κ3) is 4.05. The fourth-order valence-corrected chi connectivity index (χ4v) is 3.51. The second-order valence-electron chi connectivity index (χ2n) is 5.23. The number of hydrogen-bond donors (Lipinski definition) is 0. The molecule has 2 saturated heterocycles. The Morgan fingerprint density at radius 3 is 2.50 bits per heavy atom. The Hall–Kier alpha value is -1.66. The van der Waals surface area contributed by atoms with Crippen LogP contribution in [0.2, 0.25) is 0 Å². The van der Waals surface area contributed by atoms with Crippen molar-refractivity contribution < 1.29 is 49.6 Å². The highest BCUT2D eigenvalue weighted by Gasteiger charge is 2.63. The predicted octanol–water partition coefficient (Wildman–Crippen LogP) is 0.0758. The van der Waals surface area contributed by atoms with Gasteiger partial charge < -0.3 is 14.2 Å². The first kappa shape index (κ1) is 18.7. The Bertz CT molecular complexity index is 656. The molecule has 2 fully saturated rings. The van der Waals surface area contributed by atoms with Crippen LogP contribution in [0.4, 0.5) is 13.2 Å². The van der Waals surface area contributed by atoms with Crippen LogP contribution in [0, 0.1) is 0 Å². The summed E-state index contributed by atoms with van der Waals surface area (Å²) in [5.41, 5.74) is 0.00966. The highest BCUT2D eigenvalue weighted by molar-refractivity contribution is 7.86. The van der Waals surface area contributed by atoms with Crippen LogP contribution in [0.1, 0.15) is 6.92 Å². The van der Waals surface area contributed by atoms with E-state index in [0.29, 0.717) is 0 Å². The van der Waals surface area contributed by atoms with Crippen molar-refractivity contribution in [2.24, 2.45) is 0 Å². The molecule has 0 aromatic rings. The van der Waals surface area contributed by atoms with Crippen molar-refractivity contribution in [2.75, 3.05) is 12.4 Å². The summed E-state index contributed by atoms with van der Waals surface area (Å²) in [6.45, 7) is 3.74. The molecule has 136 valence electrons. The lowest BCUT2D eigenvalue weighted by Gasteiger charge is -2.28. The molecule has 0 saturated carbocycles. The van der Waals surface area contributed by atoms with Gasteiger partial charge in [0.1, 0.15) is 11.9 Å². The largest absolute Gasteiger partial charge is 0.454 e. The van der Waals surface area contributed by atoms with Crippen molar-refractivity contribution in [3.63, 3.8) is 0 Å². The van der Waals surface area contributed by atoms with Crippen LogP contribution in [0.5, 0.6) is 0 Å². The molecule has 2 heterocycles. The van der Waals surface area contributed by atoms with Gasteiger partial charge >= 0.3 is 18.1 Å². The molecule has 2 aliphatic rings. The zero-order valence-corrected chi connectivity index (χ0v) is 13.1. The Morgan fingerprint density at radius 2 is 1.96 bits per heavy atom. The third-order valence-corrected chi connectivity index (χ3v) is 4.45. The zero-order chi connectivity index (χ0) is 18.3. The molecule has 0 amide bonds. The Labute approximate surface area is 134 Å². The predicted molar refractivity (Wildman–Crippen MR) is 69.0 cm³/mol. The Balaban J connectivity index is 2.06. The molecule has 0 aromatic heterocycles. The number of halogens is 3. The maximum atomic E-state index is 12.9. The summed E-state index contributed by atoms with van der Waals surface area (Å²) in [4.78, 5) is 22.7. The topological polar surface area (TPSA) is 105 Å². The fraction of sp³-hybridized carbons (Fsp3) is 0.667. The van der Waals surface area contributed by atoms with Gasteiger partial charge in [-0.25, -0.2) is 9.59 Å². The van der Waals surface area contributed by atoms with E-state index < -0.39 is 65.0 Å². The summed E-state index contributed by atoms with van der Waals surface area (Å²) in [6.07, 6.45) is -12.6. The van der Waals surface area contributed by atoms with E-state index in [0.717, 1.165) is 0 Å². The highest BCUT2D eigenvalue weighted by Crippen LogP contribution is 2.40. The number of carbonyl (C=O) groups is 2. The van der Waals surface area contributed by atoms with Crippen LogP contribution in [0.3, 0.4) is 0 Å². The molecule has 2 aliphatic heterocycles. The fourth-order valence-electron chi connectivity index (χ4n) is 2.22. The summed E-state index contributed by atoms with van der Waals surface area (Å²) in [7, 11) is -4.23. The van der Waals surface area contributed by atoms with Crippen LogP contribution in [0.15, 0.2) is 12.2 Å². The van der Waals surface area contributed by atoms with Gasteiger partial charge in [0.15, 0.2) is 24.9 Å². The quantitative estimate of drug-likeness (QED) is 0.387. The molecular formula is C12H13F3O8S. The normalized spacial score (nSPS) is 31.3. The van der Waals surface area contributed by atoms with Crippen LogP contribution < -0.4 is 0 Å². The molecule has 4 unspecified atom stereocenters. The van der Waals surface area contributed by atoms with E-state index >= 15 is 0 Å². The number of rotatable bonds is 4. The summed E-state index contributed by atoms with van der Waals surface area (Å²) in [5, 5.41) is 0. The first-order valence-corrected chi connectivity index (χ1v) is 8.13. The molecule has 0 N–H and O–H groups in total. The maximum Gasteiger partial charge on any atom is 0.417 e. The van der Waals surface area contributed by atoms with Gasteiger partial charge in [0.05, 0.1) is 0 Å². The van der Waals surface area contributed by atoms with Gasteiger partial charge in [-0.2, -0.15) is 21.6 Å².